The summed E-state index contributed by atoms with van der Waals surface area (Å²) >= 11 is 0. The number of allylic oxidation sites excluding steroid dienone is 4. The van der Waals surface area contributed by atoms with Crippen LogP contribution in [0.4, 0.5) is 4.79 Å². The number of nitrogens with zero attached hydrogens (tertiary/aromatic N) is 1. The van der Waals surface area contributed by atoms with E-state index in [1.54, 1.807) is 59.0 Å². The third-order valence-corrected chi connectivity index (χ3v) is 4.68. The van der Waals surface area contributed by atoms with Crippen LogP contribution in [0.1, 0.15) is 40.2 Å². The van der Waals surface area contributed by atoms with Crippen molar-refractivity contribution in [2.24, 2.45) is 0 Å². The first kappa shape index (κ1) is 29.6. The van der Waals surface area contributed by atoms with Gasteiger partial charge in [-0.15, -0.1) is 0 Å². The first-order valence-electron chi connectivity index (χ1n) is 11.4. The molecule has 1 rings (SSSR count). The first-order chi connectivity index (χ1) is 16.5. The Hall–Kier alpha value is -3.42. The summed E-state index contributed by atoms with van der Waals surface area (Å²) in [5.74, 6) is -0.287. The van der Waals surface area contributed by atoms with E-state index >= 15 is 0 Å². The second kappa shape index (κ2) is 14.8. The number of alkyl carbamates (subject to hydrolysis) is 1. The van der Waals surface area contributed by atoms with E-state index in [1.807, 2.05) is 30.3 Å². The van der Waals surface area contributed by atoms with Gasteiger partial charge in [-0.3, -0.25) is 9.69 Å². The zero-order valence-corrected chi connectivity index (χ0v) is 21.4. The van der Waals surface area contributed by atoms with Gasteiger partial charge >= 0.3 is 6.09 Å². The predicted octanol–water partition coefficient (Wildman–Crippen LogP) is 5.02. The number of ether oxygens (including phenoxy) is 2. The van der Waals surface area contributed by atoms with Crippen molar-refractivity contribution in [1.82, 2.24) is 10.2 Å². The normalized spacial score (nSPS) is 14.2. The molecule has 35 heavy (non-hydrogen) atoms. The maximum atomic E-state index is 12.4. The highest BCUT2D eigenvalue weighted by Crippen LogP contribution is 2.15. The van der Waals surface area contributed by atoms with Crippen molar-refractivity contribution in [2.75, 3.05) is 6.61 Å². The molecule has 0 bridgehead atoms. The molecule has 190 valence electrons. The van der Waals surface area contributed by atoms with Crippen LogP contribution in [0.5, 0.6) is 0 Å². The molecule has 0 aliphatic heterocycles. The Morgan fingerprint density at radius 3 is 2.34 bits per heavy atom. The molecule has 0 fully saturated rings. The number of aliphatic hydroxyl groups is 1. The summed E-state index contributed by atoms with van der Waals surface area (Å²) in [4.78, 5) is 26.0. The number of benzene rings is 1. The molecule has 0 radical (unpaired) electrons. The third-order valence-electron chi connectivity index (χ3n) is 4.68. The first-order valence-corrected chi connectivity index (χ1v) is 11.4. The van der Waals surface area contributed by atoms with Gasteiger partial charge in [0.05, 0.1) is 19.3 Å². The summed E-state index contributed by atoms with van der Waals surface area (Å²) in [5.41, 5.74) is 1.30. The maximum absolute atomic E-state index is 12.4. The molecule has 7 nitrogen and oxygen atoms in total. The molecule has 0 saturated heterocycles. The molecule has 0 spiro atoms. The SMILES string of the molecule is C=CC(=O)N(/C=C\C)/C(C)=C/C=C(\C=C)C(O)C(COCc1ccccc1)NC(=O)OC(C)(C)C. The number of amides is 2. The molecule has 0 heterocycles. The second-order valence-electron chi connectivity index (χ2n) is 8.77. The Morgan fingerprint density at radius 2 is 1.80 bits per heavy atom. The lowest BCUT2D eigenvalue weighted by Gasteiger charge is -2.27. The molecule has 2 unspecified atom stereocenters. The van der Waals surface area contributed by atoms with Crippen molar-refractivity contribution in [3.8, 4) is 0 Å². The monoisotopic (exact) mass is 482 g/mol. The van der Waals surface area contributed by atoms with Gasteiger partial charge in [0.1, 0.15) is 11.7 Å². The molecule has 2 N–H and O–H groups in total. The van der Waals surface area contributed by atoms with Gasteiger partial charge in [-0.05, 0) is 57.9 Å². The van der Waals surface area contributed by atoms with E-state index in [9.17, 15) is 14.7 Å². The third kappa shape index (κ3) is 11.0. The van der Waals surface area contributed by atoms with Crippen LogP contribution < -0.4 is 5.32 Å². The summed E-state index contributed by atoms with van der Waals surface area (Å²) in [5, 5.41) is 13.8. The van der Waals surface area contributed by atoms with Gasteiger partial charge in [-0.1, -0.05) is 61.7 Å². The van der Waals surface area contributed by atoms with Crippen molar-refractivity contribution in [1.29, 1.82) is 0 Å². The van der Waals surface area contributed by atoms with Crippen LogP contribution in [0.2, 0.25) is 0 Å². The van der Waals surface area contributed by atoms with Crippen LogP contribution in [-0.4, -0.2) is 46.4 Å². The molecule has 0 aliphatic carbocycles. The fourth-order valence-corrected chi connectivity index (χ4v) is 2.98. The second-order valence-corrected chi connectivity index (χ2v) is 8.77. The topological polar surface area (TPSA) is 88.1 Å². The Morgan fingerprint density at radius 1 is 1.14 bits per heavy atom. The Kier molecular flexibility index (Phi) is 12.5. The van der Waals surface area contributed by atoms with Crippen LogP contribution in [-0.2, 0) is 20.9 Å². The summed E-state index contributed by atoms with van der Waals surface area (Å²) in [6.07, 6.45) is 7.56. The molecular weight excluding hydrogens is 444 g/mol. The summed E-state index contributed by atoms with van der Waals surface area (Å²) in [7, 11) is 0. The minimum absolute atomic E-state index is 0.0306. The van der Waals surface area contributed by atoms with Crippen LogP contribution in [0.15, 0.2) is 91.3 Å². The highest BCUT2D eigenvalue weighted by Gasteiger charge is 2.26. The molecule has 1 aromatic carbocycles. The fourth-order valence-electron chi connectivity index (χ4n) is 2.98. The largest absolute Gasteiger partial charge is 0.444 e. The smallest absolute Gasteiger partial charge is 0.408 e. The van der Waals surface area contributed by atoms with Crippen molar-refractivity contribution < 1.29 is 24.2 Å². The van der Waals surface area contributed by atoms with Gasteiger partial charge in [0, 0.05) is 11.9 Å². The molecule has 0 aromatic heterocycles. The lowest BCUT2D eigenvalue weighted by atomic mass is 10.0. The number of carbonyl (C=O) groups excluding carboxylic acids is 2. The van der Waals surface area contributed by atoms with E-state index in [1.165, 1.54) is 17.1 Å². The maximum Gasteiger partial charge on any atom is 0.408 e. The van der Waals surface area contributed by atoms with Crippen molar-refractivity contribution in [3.05, 3.63) is 96.9 Å². The molecule has 2 atom stereocenters. The zero-order chi connectivity index (χ0) is 26.4. The predicted molar refractivity (Wildman–Crippen MR) is 139 cm³/mol. The van der Waals surface area contributed by atoms with E-state index in [2.05, 4.69) is 18.5 Å². The quantitative estimate of drug-likeness (QED) is 0.323. The average Bonchev–Trinajstić information content (AvgIpc) is 2.81. The molecular formula is C28H38N2O5. The van der Waals surface area contributed by atoms with Crippen molar-refractivity contribution in [2.45, 2.75) is 59.0 Å². The van der Waals surface area contributed by atoms with E-state index in [-0.39, 0.29) is 12.5 Å². The van der Waals surface area contributed by atoms with Gasteiger partial charge in [0.2, 0.25) is 0 Å². The lowest BCUT2D eigenvalue weighted by Crippen LogP contribution is -2.48. The molecule has 0 saturated carbocycles. The Balaban J connectivity index is 3.11. The molecule has 1 aromatic rings. The Labute approximate surface area is 209 Å². The lowest BCUT2D eigenvalue weighted by molar-refractivity contribution is -0.122. The van der Waals surface area contributed by atoms with Gasteiger partial charge in [0.15, 0.2) is 0 Å². The van der Waals surface area contributed by atoms with Crippen LogP contribution in [0.3, 0.4) is 0 Å². The van der Waals surface area contributed by atoms with Gasteiger partial charge in [0.25, 0.3) is 5.91 Å². The van der Waals surface area contributed by atoms with Crippen LogP contribution >= 0.6 is 0 Å². The van der Waals surface area contributed by atoms with Gasteiger partial charge in [-0.2, -0.15) is 0 Å². The van der Waals surface area contributed by atoms with Gasteiger partial charge in [-0.25, -0.2) is 4.79 Å². The van der Waals surface area contributed by atoms with Crippen LogP contribution in [0, 0.1) is 0 Å². The fraction of sp³-hybridized carbons (Fsp3) is 0.357. The highest BCUT2D eigenvalue weighted by atomic mass is 16.6. The molecule has 7 heteroatoms. The van der Waals surface area contributed by atoms with E-state index < -0.39 is 23.8 Å². The molecule has 0 aliphatic rings. The van der Waals surface area contributed by atoms with E-state index in [4.69, 9.17) is 9.47 Å². The number of carbonyl (C=O) groups is 2. The number of rotatable bonds is 12. The number of hydrogen-bond acceptors (Lipinski definition) is 5. The number of aliphatic hydroxyl groups excluding tert-OH is 1. The van der Waals surface area contributed by atoms with Crippen LogP contribution in [0.25, 0.3) is 0 Å². The average molecular weight is 483 g/mol. The Bertz CT molecular complexity index is 942. The number of nitrogens with one attached hydrogen (secondary N) is 1. The highest BCUT2D eigenvalue weighted by molar-refractivity contribution is 5.89. The van der Waals surface area contributed by atoms with E-state index in [0.717, 1.165) is 5.56 Å². The summed E-state index contributed by atoms with van der Waals surface area (Å²) in [6.45, 7) is 16.5. The van der Waals surface area contributed by atoms with Crippen molar-refractivity contribution >= 4 is 12.0 Å². The number of hydrogen-bond donors (Lipinski definition) is 2. The minimum atomic E-state index is -1.15. The van der Waals surface area contributed by atoms with Gasteiger partial charge < -0.3 is 19.9 Å². The molecule has 2 amide bonds. The summed E-state index contributed by atoms with van der Waals surface area (Å²) < 4.78 is 11.1. The zero-order valence-electron chi connectivity index (χ0n) is 21.4. The standard InChI is InChI=1S/C28H38N2O5/c1-8-18-30(25(31)10-3)21(4)16-17-23(9-2)26(32)24(29-27(33)35-28(5,6)7)20-34-19-22-14-12-11-13-15-22/h8-18,24,26,32H,2-3,19-20H2,1,4-7H3,(H,29,33)/b18-8-,21-16+,23-17+. The minimum Gasteiger partial charge on any atom is -0.444 e. The van der Waals surface area contributed by atoms with Crippen molar-refractivity contribution in [3.63, 3.8) is 0 Å². The summed E-state index contributed by atoms with van der Waals surface area (Å²) in [6, 6.07) is 8.77. The van der Waals surface area contributed by atoms with E-state index in [0.29, 0.717) is 17.9 Å².